The third-order valence-electron chi connectivity index (χ3n) is 4.52. The Morgan fingerprint density at radius 1 is 1.23 bits per heavy atom. The molecule has 0 aliphatic rings. The van der Waals surface area contributed by atoms with Gasteiger partial charge in [0.2, 0.25) is 5.95 Å². The van der Waals surface area contributed by atoms with E-state index in [4.69, 9.17) is 4.74 Å². The number of fused-ring (bicyclic) bond motifs is 2. The highest BCUT2D eigenvalue weighted by Crippen LogP contribution is 2.23. The number of aromatic amines is 1. The quantitative estimate of drug-likeness (QED) is 0.583. The molecule has 2 aromatic heterocycles. The van der Waals surface area contributed by atoms with Crippen LogP contribution < -0.4 is 10.1 Å². The number of nitrogens with one attached hydrogen (secondary N) is 2. The van der Waals surface area contributed by atoms with E-state index < -0.39 is 0 Å². The zero-order valence-electron chi connectivity index (χ0n) is 15.0. The number of aryl methyl sites for hydroxylation is 2. The molecule has 0 fully saturated rings. The summed E-state index contributed by atoms with van der Waals surface area (Å²) in [6.45, 7) is 4.78. The summed E-state index contributed by atoms with van der Waals surface area (Å²) in [5.74, 6) is 1.07. The fourth-order valence-electron chi connectivity index (χ4n) is 3.18. The summed E-state index contributed by atoms with van der Waals surface area (Å²) in [4.78, 5) is 20.5. The highest BCUT2D eigenvalue weighted by Gasteiger charge is 2.15. The predicted molar refractivity (Wildman–Crippen MR) is 103 cm³/mol. The van der Waals surface area contributed by atoms with Gasteiger partial charge in [0, 0.05) is 23.5 Å². The standard InChI is InChI=1S/C20H20N4O2/c1-4-24-18-8-5-12(2)9-16(18)22-20(24)23-19(25)17-10-13-6-7-14(26-3)11-15(13)21-17/h5-11,21H,4H2,1-3H3,(H,22,23,25). The summed E-state index contributed by atoms with van der Waals surface area (Å²) in [5, 5.41) is 3.88. The molecular formula is C20H20N4O2. The Bertz CT molecular complexity index is 1120. The zero-order valence-corrected chi connectivity index (χ0v) is 15.0. The van der Waals surface area contributed by atoms with Crippen LogP contribution in [0.3, 0.4) is 0 Å². The number of hydrogen-bond acceptors (Lipinski definition) is 3. The van der Waals surface area contributed by atoms with Crippen molar-refractivity contribution in [3.05, 3.63) is 53.7 Å². The molecule has 0 aliphatic heterocycles. The summed E-state index contributed by atoms with van der Waals surface area (Å²) in [5.41, 5.74) is 4.37. The smallest absolute Gasteiger partial charge is 0.274 e. The van der Waals surface area contributed by atoms with Crippen LogP contribution in [0.25, 0.3) is 21.9 Å². The second-order valence-electron chi connectivity index (χ2n) is 6.26. The number of benzene rings is 2. The van der Waals surface area contributed by atoms with Crippen LogP contribution in [-0.2, 0) is 6.54 Å². The summed E-state index contributed by atoms with van der Waals surface area (Å²) in [7, 11) is 1.62. The first-order valence-corrected chi connectivity index (χ1v) is 8.54. The maximum absolute atomic E-state index is 12.7. The molecule has 0 bridgehead atoms. The average Bonchev–Trinajstić information content (AvgIpc) is 3.21. The minimum absolute atomic E-state index is 0.220. The number of rotatable bonds is 4. The van der Waals surface area contributed by atoms with E-state index in [-0.39, 0.29) is 5.91 Å². The Balaban J connectivity index is 1.68. The highest BCUT2D eigenvalue weighted by molar-refractivity contribution is 6.05. The molecule has 0 unspecified atom stereocenters. The maximum Gasteiger partial charge on any atom is 0.274 e. The molecule has 6 nitrogen and oxygen atoms in total. The molecule has 1 amide bonds. The minimum Gasteiger partial charge on any atom is -0.497 e. The second kappa shape index (κ2) is 6.22. The molecule has 0 radical (unpaired) electrons. The molecule has 2 heterocycles. The minimum atomic E-state index is -0.220. The van der Waals surface area contributed by atoms with E-state index in [2.05, 4.69) is 15.3 Å². The van der Waals surface area contributed by atoms with Crippen LogP contribution in [0, 0.1) is 6.92 Å². The Morgan fingerprint density at radius 3 is 2.85 bits per heavy atom. The molecule has 0 aliphatic carbocycles. The van der Waals surface area contributed by atoms with Crippen LogP contribution in [0.2, 0.25) is 0 Å². The molecule has 26 heavy (non-hydrogen) atoms. The third-order valence-corrected chi connectivity index (χ3v) is 4.52. The lowest BCUT2D eigenvalue weighted by Gasteiger charge is -2.06. The van der Waals surface area contributed by atoms with Gasteiger partial charge in [-0.3, -0.25) is 10.1 Å². The summed E-state index contributed by atoms with van der Waals surface area (Å²) in [6.07, 6.45) is 0. The van der Waals surface area contributed by atoms with Crippen LogP contribution in [0.4, 0.5) is 5.95 Å². The summed E-state index contributed by atoms with van der Waals surface area (Å²) < 4.78 is 7.23. The van der Waals surface area contributed by atoms with Crippen molar-refractivity contribution in [2.75, 3.05) is 12.4 Å². The fourth-order valence-corrected chi connectivity index (χ4v) is 3.18. The second-order valence-corrected chi connectivity index (χ2v) is 6.26. The van der Waals surface area contributed by atoms with Gasteiger partial charge in [0.05, 0.1) is 18.1 Å². The van der Waals surface area contributed by atoms with Gasteiger partial charge < -0.3 is 14.3 Å². The van der Waals surface area contributed by atoms with Gasteiger partial charge in [0.25, 0.3) is 5.91 Å². The van der Waals surface area contributed by atoms with Crippen LogP contribution in [0.1, 0.15) is 23.0 Å². The van der Waals surface area contributed by atoms with Crippen molar-refractivity contribution in [2.45, 2.75) is 20.4 Å². The van der Waals surface area contributed by atoms with E-state index in [0.717, 1.165) is 39.8 Å². The highest BCUT2D eigenvalue weighted by atomic mass is 16.5. The number of hydrogen-bond donors (Lipinski definition) is 2. The molecule has 2 N–H and O–H groups in total. The van der Waals surface area contributed by atoms with Crippen molar-refractivity contribution < 1.29 is 9.53 Å². The predicted octanol–water partition coefficient (Wildman–Crippen LogP) is 4.11. The number of nitrogens with zero attached hydrogens (tertiary/aromatic N) is 2. The van der Waals surface area contributed by atoms with Crippen molar-refractivity contribution in [3.63, 3.8) is 0 Å². The van der Waals surface area contributed by atoms with E-state index in [1.807, 2.05) is 60.9 Å². The molecule has 4 rings (SSSR count). The molecule has 0 saturated carbocycles. The lowest BCUT2D eigenvalue weighted by atomic mass is 10.2. The van der Waals surface area contributed by atoms with E-state index in [9.17, 15) is 4.79 Å². The van der Waals surface area contributed by atoms with Gasteiger partial charge >= 0.3 is 0 Å². The molecule has 4 aromatic rings. The topological polar surface area (TPSA) is 71.9 Å². The van der Waals surface area contributed by atoms with Gasteiger partial charge in [-0.25, -0.2) is 4.98 Å². The van der Waals surface area contributed by atoms with Gasteiger partial charge in [-0.05, 0) is 49.7 Å². The number of imidazole rings is 1. The molecule has 132 valence electrons. The number of carbonyl (C=O) groups is 1. The zero-order chi connectivity index (χ0) is 18.3. The number of methoxy groups -OCH3 is 1. The van der Waals surface area contributed by atoms with Gasteiger partial charge in [-0.1, -0.05) is 6.07 Å². The average molecular weight is 348 g/mol. The monoisotopic (exact) mass is 348 g/mol. The van der Waals surface area contributed by atoms with Crippen LogP contribution >= 0.6 is 0 Å². The number of amides is 1. The van der Waals surface area contributed by atoms with Crippen LogP contribution in [-0.4, -0.2) is 27.6 Å². The van der Waals surface area contributed by atoms with Crippen molar-refractivity contribution in [3.8, 4) is 5.75 Å². The Hall–Kier alpha value is -3.28. The Kier molecular flexibility index (Phi) is 3.88. The number of carbonyl (C=O) groups excluding carboxylic acids is 1. The van der Waals surface area contributed by atoms with Crippen LogP contribution in [0.5, 0.6) is 5.75 Å². The van der Waals surface area contributed by atoms with Gasteiger partial charge in [0.1, 0.15) is 11.4 Å². The van der Waals surface area contributed by atoms with E-state index in [0.29, 0.717) is 11.6 Å². The van der Waals surface area contributed by atoms with E-state index in [1.165, 1.54) is 0 Å². The normalized spacial score (nSPS) is 11.2. The van der Waals surface area contributed by atoms with Gasteiger partial charge in [-0.2, -0.15) is 0 Å². The summed E-state index contributed by atoms with van der Waals surface area (Å²) in [6, 6.07) is 13.6. The Morgan fingerprint density at radius 2 is 2.08 bits per heavy atom. The lowest BCUT2D eigenvalue weighted by Crippen LogP contribution is -2.16. The fraction of sp³-hybridized carbons (Fsp3) is 0.200. The third kappa shape index (κ3) is 2.69. The first-order chi connectivity index (χ1) is 12.6. The number of ether oxygens (including phenoxy) is 1. The maximum atomic E-state index is 12.7. The van der Waals surface area contributed by atoms with E-state index in [1.54, 1.807) is 7.11 Å². The van der Waals surface area contributed by atoms with Gasteiger partial charge in [-0.15, -0.1) is 0 Å². The first-order valence-electron chi connectivity index (χ1n) is 8.54. The van der Waals surface area contributed by atoms with Crippen molar-refractivity contribution in [1.29, 1.82) is 0 Å². The molecule has 2 aromatic carbocycles. The van der Waals surface area contributed by atoms with Crippen molar-refractivity contribution >= 4 is 33.8 Å². The largest absolute Gasteiger partial charge is 0.497 e. The van der Waals surface area contributed by atoms with Gasteiger partial charge in [0.15, 0.2) is 0 Å². The molecule has 0 saturated heterocycles. The number of H-pyrrole nitrogens is 1. The molecular weight excluding hydrogens is 328 g/mol. The lowest BCUT2D eigenvalue weighted by molar-refractivity contribution is 0.102. The summed E-state index contributed by atoms with van der Waals surface area (Å²) >= 11 is 0. The SMILES string of the molecule is CCn1c(NC(=O)c2cc3ccc(OC)cc3[nH]2)nc2cc(C)ccc21. The van der Waals surface area contributed by atoms with Crippen molar-refractivity contribution in [2.24, 2.45) is 0 Å². The number of aromatic nitrogens is 3. The number of anilines is 1. The first kappa shape index (κ1) is 16.2. The Labute approximate surface area is 150 Å². The van der Waals surface area contributed by atoms with E-state index >= 15 is 0 Å². The molecule has 0 atom stereocenters. The molecule has 6 heteroatoms. The van der Waals surface area contributed by atoms with Crippen LogP contribution in [0.15, 0.2) is 42.5 Å². The van der Waals surface area contributed by atoms with Crippen molar-refractivity contribution in [1.82, 2.24) is 14.5 Å². The molecule has 0 spiro atoms.